The van der Waals surface area contributed by atoms with Gasteiger partial charge in [-0.1, -0.05) is 60.7 Å². The molecule has 11 heteroatoms. The van der Waals surface area contributed by atoms with E-state index in [1.54, 1.807) is 23.5 Å². The Morgan fingerprint density at radius 1 is 1.19 bits per heavy atom. The SMILES string of the molecule is CCC(=C\c1sc2ccccc2[n+]1CC(O)CC)/C=C1/Sc2ccc(Cl)cc2N1CC(O)CS(=O)(=O)[O-]. The highest BCUT2D eigenvalue weighted by Gasteiger charge is 2.28. The van der Waals surface area contributed by atoms with E-state index in [1.165, 1.54) is 11.8 Å². The number of hydrogen-bond acceptors (Lipinski definition) is 8. The lowest BCUT2D eigenvalue weighted by Crippen LogP contribution is -2.40. The maximum Gasteiger partial charge on any atom is 0.263 e. The highest BCUT2D eigenvalue weighted by atomic mass is 35.5. The minimum absolute atomic E-state index is 0.0593. The molecule has 1 aromatic heterocycles. The highest BCUT2D eigenvalue weighted by Crippen LogP contribution is 2.47. The summed E-state index contributed by atoms with van der Waals surface area (Å²) in [5.41, 5.74) is 2.84. The fourth-order valence-electron chi connectivity index (χ4n) is 4.12. The molecule has 37 heavy (non-hydrogen) atoms. The zero-order chi connectivity index (χ0) is 26.7. The van der Waals surface area contributed by atoms with Gasteiger partial charge in [-0.25, -0.2) is 8.42 Å². The lowest BCUT2D eigenvalue weighted by molar-refractivity contribution is -0.676. The maximum atomic E-state index is 11.2. The molecule has 1 aliphatic heterocycles. The first kappa shape index (κ1) is 28.1. The average Bonchev–Trinajstić information content (AvgIpc) is 3.34. The number of anilines is 1. The zero-order valence-electron chi connectivity index (χ0n) is 20.5. The molecular weight excluding hydrogens is 552 g/mol. The molecule has 2 atom stereocenters. The molecule has 2 aromatic carbocycles. The van der Waals surface area contributed by atoms with Gasteiger partial charge >= 0.3 is 0 Å². The summed E-state index contributed by atoms with van der Waals surface area (Å²) in [7, 11) is -4.58. The maximum absolute atomic E-state index is 11.2. The molecule has 2 heterocycles. The summed E-state index contributed by atoms with van der Waals surface area (Å²) in [6.45, 7) is 4.44. The van der Waals surface area contributed by atoms with Crippen LogP contribution >= 0.6 is 34.7 Å². The number of allylic oxidation sites excluding steroid dienone is 2. The molecule has 2 N–H and O–H groups in total. The molecule has 4 rings (SSSR count). The summed E-state index contributed by atoms with van der Waals surface area (Å²) >= 11 is 9.38. The van der Waals surface area contributed by atoms with Gasteiger partial charge in [0.25, 0.3) is 5.01 Å². The number of thioether (sulfide) groups is 1. The van der Waals surface area contributed by atoms with Gasteiger partial charge in [-0.05, 0) is 48.8 Å². The van der Waals surface area contributed by atoms with Gasteiger partial charge in [-0.3, -0.25) is 0 Å². The van der Waals surface area contributed by atoms with Gasteiger partial charge in [0.05, 0.1) is 39.2 Å². The number of rotatable bonds is 10. The van der Waals surface area contributed by atoms with Crippen LogP contribution in [0.5, 0.6) is 0 Å². The van der Waals surface area contributed by atoms with Crippen LogP contribution in [0.25, 0.3) is 16.3 Å². The van der Waals surface area contributed by atoms with Crippen LogP contribution in [0, 0.1) is 0 Å². The summed E-state index contributed by atoms with van der Waals surface area (Å²) in [6, 6.07) is 13.5. The number of para-hydroxylation sites is 1. The minimum atomic E-state index is -4.58. The summed E-state index contributed by atoms with van der Waals surface area (Å²) in [6.07, 6.45) is 3.67. The van der Waals surface area contributed by atoms with Gasteiger partial charge in [0.15, 0.2) is 6.54 Å². The molecule has 1 aliphatic rings. The lowest BCUT2D eigenvalue weighted by atomic mass is 10.1. The average molecular weight is 581 g/mol. The van der Waals surface area contributed by atoms with Gasteiger partial charge < -0.3 is 19.7 Å². The third-order valence-electron chi connectivity index (χ3n) is 6.01. The fraction of sp³-hybridized carbons (Fsp3) is 0.346. The van der Waals surface area contributed by atoms with E-state index in [2.05, 4.69) is 22.8 Å². The van der Waals surface area contributed by atoms with E-state index in [4.69, 9.17) is 11.6 Å². The van der Waals surface area contributed by atoms with Crippen molar-refractivity contribution in [2.75, 3.05) is 17.2 Å². The molecular formula is C26H29ClN2O5S3. The van der Waals surface area contributed by atoms with Crippen LogP contribution in [0.3, 0.4) is 0 Å². The molecule has 0 radical (unpaired) electrons. The summed E-state index contributed by atoms with van der Waals surface area (Å²) in [5.74, 6) is -0.866. The van der Waals surface area contributed by atoms with E-state index >= 15 is 0 Å². The second kappa shape index (κ2) is 11.9. The first-order valence-corrected chi connectivity index (χ1v) is 15.5. The van der Waals surface area contributed by atoms with Crippen molar-refractivity contribution in [1.82, 2.24) is 0 Å². The number of aromatic nitrogens is 1. The van der Waals surface area contributed by atoms with E-state index in [-0.39, 0.29) is 6.54 Å². The normalized spacial score (nSPS) is 17.0. The number of halogens is 1. The van der Waals surface area contributed by atoms with Crippen LogP contribution in [0.1, 0.15) is 31.7 Å². The second-order valence-electron chi connectivity index (χ2n) is 8.84. The molecule has 7 nitrogen and oxygen atoms in total. The van der Waals surface area contributed by atoms with E-state index in [0.29, 0.717) is 18.0 Å². The molecule has 2 unspecified atom stereocenters. The van der Waals surface area contributed by atoms with Crippen molar-refractivity contribution in [1.29, 1.82) is 0 Å². The van der Waals surface area contributed by atoms with Crippen LogP contribution in [-0.2, 0) is 16.7 Å². The second-order valence-corrected chi connectivity index (χ2v) is 12.8. The molecule has 0 fully saturated rings. The molecule has 0 saturated heterocycles. The Morgan fingerprint density at radius 2 is 1.95 bits per heavy atom. The molecule has 0 bridgehead atoms. The smallest absolute Gasteiger partial charge is 0.263 e. The summed E-state index contributed by atoms with van der Waals surface area (Å²) in [5, 5.41) is 23.1. The Bertz CT molecular complexity index is 1450. The molecule has 0 spiro atoms. The molecule has 0 aliphatic carbocycles. The number of fused-ring (bicyclic) bond motifs is 2. The van der Waals surface area contributed by atoms with E-state index in [0.717, 1.165) is 42.8 Å². The van der Waals surface area contributed by atoms with Gasteiger partial charge in [0, 0.05) is 22.1 Å². The first-order chi connectivity index (χ1) is 17.6. The van der Waals surface area contributed by atoms with E-state index < -0.39 is 28.1 Å². The van der Waals surface area contributed by atoms with Gasteiger partial charge in [0.2, 0.25) is 5.52 Å². The van der Waals surface area contributed by atoms with Crippen LogP contribution in [0.4, 0.5) is 5.69 Å². The molecule has 0 saturated carbocycles. The zero-order valence-corrected chi connectivity index (χ0v) is 23.7. The highest BCUT2D eigenvalue weighted by molar-refractivity contribution is 8.03. The summed E-state index contributed by atoms with van der Waals surface area (Å²) < 4.78 is 36.9. The molecule has 198 valence electrons. The largest absolute Gasteiger partial charge is 0.748 e. The van der Waals surface area contributed by atoms with Crippen LogP contribution in [0.2, 0.25) is 5.02 Å². The van der Waals surface area contributed by atoms with Crippen LogP contribution in [-0.4, -0.2) is 47.7 Å². The summed E-state index contributed by atoms with van der Waals surface area (Å²) in [4.78, 5) is 2.73. The third-order valence-corrected chi connectivity index (χ3v) is 9.26. The predicted octanol–water partition coefficient (Wildman–Crippen LogP) is 4.77. The van der Waals surface area contributed by atoms with Gasteiger partial charge in [-0.15, -0.1) is 0 Å². The lowest BCUT2D eigenvalue weighted by Gasteiger charge is -2.24. The first-order valence-electron chi connectivity index (χ1n) is 12.0. The number of benzene rings is 2. The number of aliphatic hydroxyl groups is 2. The third kappa shape index (κ3) is 6.94. The molecule has 3 aromatic rings. The Labute approximate surface area is 230 Å². The standard InChI is InChI=1S/C26H29ClN2O5S3/c1-3-17(11-25-28(14-19(30)4-2)21-7-5-6-8-23(21)35-25)12-26-29(15-20(31)16-37(32,33)34)22-13-18(27)9-10-24(22)36-26/h5-13,19-20,30-31H,3-4,14-16H2,1-2H3. The van der Waals surface area contributed by atoms with Crippen LogP contribution in [0.15, 0.2) is 64.0 Å². The number of aliphatic hydroxyl groups excluding tert-OH is 2. The quantitative estimate of drug-likeness (QED) is 0.263. The van der Waals surface area contributed by atoms with Crippen molar-refractivity contribution in [3.63, 3.8) is 0 Å². The number of hydrogen-bond donors (Lipinski definition) is 2. The van der Waals surface area contributed by atoms with Crippen molar-refractivity contribution in [2.24, 2.45) is 0 Å². The topological polar surface area (TPSA) is 105 Å². The number of β-amino-alcohol motifs (C(OH)–C–C–N with tert-alkyl or cyclic N) is 1. The Balaban J connectivity index is 1.74. The van der Waals surface area contributed by atoms with Crippen molar-refractivity contribution >= 4 is 66.8 Å². The fourth-order valence-corrected chi connectivity index (χ4v) is 7.14. The van der Waals surface area contributed by atoms with E-state index in [1.807, 2.05) is 43.0 Å². The van der Waals surface area contributed by atoms with Crippen molar-refractivity contribution in [2.45, 2.75) is 50.3 Å². The number of thiazole rings is 1. The Kier molecular flexibility index (Phi) is 9.00. The van der Waals surface area contributed by atoms with Gasteiger partial charge in [-0.2, -0.15) is 4.57 Å². The van der Waals surface area contributed by atoms with Gasteiger partial charge in [0.1, 0.15) is 10.8 Å². The minimum Gasteiger partial charge on any atom is -0.748 e. The Hall–Kier alpha value is -1.92. The number of nitrogens with zero attached hydrogens (tertiary/aromatic N) is 2. The Morgan fingerprint density at radius 3 is 2.65 bits per heavy atom. The predicted molar refractivity (Wildman–Crippen MR) is 150 cm³/mol. The van der Waals surface area contributed by atoms with Crippen molar-refractivity contribution in [3.8, 4) is 0 Å². The molecule has 0 amide bonds. The van der Waals surface area contributed by atoms with Crippen molar-refractivity contribution in [3.05, 3.63) is 69.2 Å². The van der Waals surface area contributed by atoms with Crippen molar-refractivity contribution < 1.29 is 27.8 Å². The van der Waals surface area contributed by atoms with Crippen LogP contribution < -0.4 is 9.47 Å². The van der Waals surface area contributed by atoms with E-state index in [9.17, 15) is 23.2 Å². The monoisotopic (exact) mass is 580 g/mol.